The first-order valence-corrected chi connectivity index (χ1v) is 5.17. The van der Waals surface area contributed by atoms with E-state index in [1.807, 2.05) is 6.07 Å². The van der Waals surface area contributed by atoms with E-state index in [-0.39, 0.29) is 11.7 Å². The molecular formula is C11H16N4O2. The average Bonchev–Trinajstić information content (AvgIpc) is 2.37. The number of pyridine rings is 1. The molecular weight excluding hydrogens is 220 g/mol. The zero-order valence-electron chi connectivity index (χ0n) is 9.87. The summed E-state index contributed by atoms with van der Waals surface area (Å²) in [6.45, 7) is 2.03. The van der Waals surface area contributed by atoms with Crippen LogP contribution in [0.4, 0.5) is 0 Å². The summed E-state index contributed by atoms with van der Waals surface area (Å²) in [7, 11) is 1.66. The summed E-state index contributed by atoms with van der Waals surface area (Å²) < 4.78 is 0. The van der Waals surface area contributed by atoms with Gasteiger partial charge in [0.1, 0.15) is 0 Å². The van der Waals surface area contributed by atoms with E-state index < -0.39 is 5.92 Å². The van der Waals surface area contributed by atoms with Gasteiger partial charge in [-0.15, -0.1) is 0 Å². The normalized spacial score (nSPS) is 13.2. The minimum absolute atomic E-state index is 0.0898. The van der Waals surface area contributed by atoms with Crippen molar-refractivity contribution in [1.82, 2.24) is 9.88 Å². The van der Waals surface area contributed by atoms with Crippen LogP contribution in [0.15, 0.2) is 29.7 Å². The predicted molar refractivity (Wildman–Crippen MR) is 63.3 cm³/mol. The van der Waals surface area contributed by atoms with Gasteiger partial charge in [-0.2, -0.15) is 0 Å². The summed E-state index contributed by atoms with van der Waals surface area (Å²) in [5, 5.41) is 11.3. The van der Waals surface area contributed by atoms with Gasteiger partial charge in [-0.1, -0.05) is 11.2 Å². The standard InChI is InChI=1S/C11H16N4O2/c1-8(10(12)14-17)11(16)15(2)7-9-4-3-5-13-6-9/h3-6,8,17H,7H2,1-2H3,(H2,12,14). The van der Waals surface area contributed by atoms with E-state index in [4.69, 9.17) is 10.9 Å². The highest BCUT2D eigenvalue weighted by molar-refractivity contribution is 6.01. The van der Waals surface area contributed by atoms with Crippen LogP contribution in [0.25, 0.3) is 0 Å². The maximum atomic E-state index is 11.9. The van der Waals surface area contributed by atoms with Crippen molar-refractivity contribution in [3.05, 3.63) is 30.1 Å². The molecule has 0 aliphatic carbocycles. The fourth-order valence-corrected chi connectivity index (χ4v) is 1.39. The first kappa shape index (κ1) is 13.0. The minimum Gasteiger partial charge on any atom is -0.409 e. The number of carbonyl (C=O) groups is 1. The largest absolute Gasteiger partial charge is 0.409 e. The lowest BCUT2D eigenvalue weighted by atomic mass is 10.1. The molecule has 0 fully saturated rings. The van der Waals surface area contributed by atoms with E-state index in [0.717, 1.165) is 5.56 Å². The Bertz CT molecular complexity index is 405. The monoisotopic (exact) mass is 236 g/mol. The molecule has 1 amide bonds. The van der Waals surface area contributed by atoms with Crippen molar-refractivity contribution in [1.29, 1.82) is 0 Å². The highest BCUT2D eigenvalue weighted by atomic mass is 16.4. The molecule has 0 radical (unpaired) electrons. The Hall–Kier alpha value is -2.11. The number of hydrogen-bond donors (Lipinski definition) is 2. The van der Waals surface area contributed by atoms with Crippen LogP contribution in [0.5, 0.6) is 0 Å². The third kappa shape index (κ3) is 3.44. The maximum absolute atomic E-state index is 11.9. The van der Waals surface area contributed by atoms with Gasteiger partial charge in [0.05, 0.1) is 5.92 Å². The van der Waals surface area contributed by atoms with E-state index in [1.54, 1.807) is 32.4 Å². The van der Waals surface area contributed by atoms with Crippen LogP contribution in [0.1, 0.15) is 12.5 Å². The van der Waals surface area contributed by atoms with Gasteiger partial charge in [0.2, 0.25) is 5.91 Å². The van der Waals surface area contributed by atoms with Crippen molar-refractivity contribution in [2.45, 2.75) is 13.5 Å². The topological polar surface area (TPSA) is 91.8 Å². The predicted octanol–water partition coefficient (Wildman–Crippen LogP) is 0.423. The lowest BCUT2D eigenvalue weighted by Gasteiger charge is -2.20. The Labute approximate surface area is 99.7 Å². The van der Waals surface area contributed by atoms with Crippen LogP contribution in [0, 0.1) is 5.92 Å². The van der Waals surface area contributed by atoms with Crippen molar-refractivity contribution in [2.75, 3.05) is 7.05 Å². The molecule has 0 aliphatic heterocycles. The first-order valence-electron chi connectivity index (χ1n) is 5.17. The Morgan fingerprint density at radius 3 is 2.94 bits per heavy atom. The summed E-state index contributed by atoms with van der Waals surface area (Å²) >= 11 is 0. The van der Waals surface area contributed by atoms with Crippen LogP contribution >= 0.6 is 0 Å². The van der Waals surface area contributed by atoms with E-state index >= 15 is 0 Å². The van der Waals surface area contributed by atoms with Crippen molar-refractivity contribution in [3.63, 3.8) is 0 Å². The second kappa shape index (κ2) is 5.83. The summed E-state index contributed by atoms with van der Waals surface area (Å²) in [6, 6.07) is 3.69. The SMILES string of the molecule is CC(C(=O)N(C)Cc1cccnc1)C(N)=NO. The number of amidine groups is 1. The van der Waals surface area contributed by atoms with Gasteiger partial charge in [-0.25, -0.2) is 0 Å². The zero-order chi connectivity index (χ0) is 12.8. The zero-order valence-corrected chi connectivity index (χ0v) is 9.87. The van der Waals surface area contributed by atoms with E-state index in [1.165, 1.54) is 4.90 Å². The first-order chi connectivity index (χ1) is 8.06. The van der Waals surface area contributed by atoms with Crippen molar-refractivity contribution >= 4 is 11.7 Å². The summed E-state index contributed by atoms with van der Waals surface area (Å²) in [5.74, 6) is -0.932. The number of carbonyl (C=O) groups excluding carboxylic acids is 1. The average molecular weight is 236 g/mol. The molecule has 0 bridgehead atoms. The molecule has 6 nitrogen and oxygen atoms in total. The molecule has 1 atom stereocenters. The minimum atomic E-state index is -0.637. The number of nitrogens with two attached hydrogens (primary N) is 1. The van der Waals surface area contributed by atoms with Crippen LogP contribution in [-0.4, -0.2) is 33.9 Å². The molecule has 0 saturated heterocycles. The van der Waals surface area contributed by atoms with Crippen LogP contribution < -0.4 is 5.73 Å². The molecule has 1 unspecified atom stereocenters. The third-order valence-electron chi connectivity index (χ3n) is 2.45. The fraction of sp³-hybridized carbons (Fsp3) is 0.364. The molecule has 1 aromatic rings. The Morgan fingerprint density at radius 1 is 1.71 bits per heavy atom. The highest BCUT2D eigenvalue weighted by Crippen LogP contribution is 2.06. The maximum Gasteiger partial charge on any atom is 0.233 e. The Morgan fingerprint density at radius 2 is 2.41 bits per heavy atom. The molecule has 0 aromatic carbocycles. The summed E-state index contributed by atoms with van der Waals surface area (Å²) in [4.78, 5) is 17.4. The van der Waals surface area contributed by atoms with Gasteiger partial charge in [0, 0.05) is 26.0 Å². The number of amides is 1. The van der Waals surface area contributed by atoms with Gasteiger partial charge in [-0.3, -0.25) is 9.78 Å². The second-order valence-electron chi connectivity index (χ2n) is 3.80. The number of hydrogen-bond acceptors (Lipinski definition) is 4. The van der Waals surface area contributed by atoms with Crippen molar-refractivity contribution in [2.24, 2.45) is 16.8 Å². The van der Waals surface area contributed by atoms with E-state index in [9.17, 15) is 4.79 Å². The number of oxime groups is 1. The fourth-order valence-electron chi connectivity index (χ4n) is 1.39. The van der Waals surface area contributed by atoms with Crippen molar-refractivity contribution < 1.29 is 10.0 Å². The third-order valence-corrected chi connectivity index (χ3v) is 2.45. The summed E-state index contributed by atoms with van der Waals surface area (Å²) in [5.41, 5.74) is 6.31. The summed E-state index contributed by atoms with van der Waals surface area (Å²) in [6.07, 6.45) is 3.36. The molecule has 3 N–H and O–H groups in total. The number of aromatic nitrogens is 1. The lowest BCUT2D eigenvalue weighted by Crippen LogP contribution is -2.38. The van der Waals surface area contributed by atoms with E-state index in [0.29, 0.717) is 6.54 Å². The van der Waals surface area contributed by atoms with E-state index in [2.05, 4.69) is 10.1 Å². The quantitative estimate of drug-likeness (QED) is 0.343. The smallest absolute Gasteiger partial charge is 0.233 e. The number of rotatable bonds is 4. The molecule has 0 aliphatic rings. The van der Waals surface area contributed by atoms with Crippen LogP contribution in [-0.2, 0) is 11.3 Å². The molecule has 0 spiro atoms. The molecule has 0 saturated carbocycles. The molecule has 1 heterocycles. The van der Waals surface area contributed by atoms with Gasteiger partial charge in [0.15, 0.2) is 5.84 Å². The van der Waals surface area contributed by atoms with Crippen LogP contribution in [0.2, 0.25) is 0 Å². The van der Waals surface area contributed by atoms with Crippen LogP contribution in [0.3, 0.4) is 0 Å². The highest BCUT2D eigenvalue weighted by Gasteiger charge is 2.21. The van der Waals surface area contributed by atoms with Crippen molar-refractivity contribution in [3.8, 4) is 0 Å². The molecule has 92 valence electrons. The number of nitrogens with zero attached hydrogens (tertiary/aromatic N) is 3. The Kier molecular flexibility index (Phi) is 4.45. The van der Waals surface area contributed by atoms with Gasteiger partial charge >= 0.3 is 0 Å². The molecule has 1 aromatic heterocycles. The Balaban J connectivity index is 2.65. The lowest BCUT2D eigenvalue weighted by molar-refractivity contribution is -0.132. The van der Waals surface area contributed by atoms with Gasteiger partial charge in [0.25, 0.3) is 0 Å². The van der Waals surface area contributed by atoms with Gasteiger partial charge in [-0.05, 0) is 18.6 Å². The molecule has 1 rings (SSSR count). The second-order valence-corrected chi connectivity index (χ2v) is 3.80. The van der Waals surface area contributed by atoms with Gasteiger partial charge < -0.3 is 15.8 Å². The molecule has 17 heavy (non-hydrogen) atoms. The molecule has 6 heteroatoms.